The summed E-state index contributed by atoms with van der Waals surface area (Å²) in [6.45, 7) is 5.68. The molecule has 0 radical (unpaired) electrons. The Morgan fingerprint density at radius 3 is 2.17 bits per heavy atom. The zero-order valence-electron chi connectivity index (χ0n) is 8.06. The topological polar surface area (TPSA) is 29.5 Å². The van der Waals surface area contributed by atoms with Crippen molar-refractivity contribution < 1.29 is 9.53 Å². The van der Waals surface area contributed by atoms with E-state index in [4.69, 9.17) is 0 Å². The van der Waals surface area contributed by atoms with Gasteiger partial charge >= 0.3 is 5.97 Å². The fourth-order valence-corrected chi connectivity index (χ4v) is 0.397. The second-order valence-corrected chi connectivity index (χ2v) is 2.06. The van der Waals surface area contributed by atoms with Crippen LogP contribution in [0, 0.1) is 0 Å². The molecule has 0 unspecified atom stereocenters. The zero-order valence-corrected chi connectivity index (χ0v) is 8.81. The van der Waals surface area contributed by atoms with E-state index >= 15 is 0 Å². The van der Waals surface area contributed by atoms with Gasteiger partial charge in [0.15, 0.2) is 0 Å². The molecule has 12 heavy (non-hydrogen) atoms. The highest BCUT2D eigenvalue weighted by Gasteiger charge is 2.07. The lowest BCUT2D eigenvalue weighted by molar-refractivity contribution is -0.139. The predicted molar refractivity (Wildman–Crippen MR) is 51.2 cm³/mol. The Morgan fingerprint density at radius 1 is 1.50 bits per heavy atom. The van der Waals surface area contributed by atoms with Crippen molar-refractivity contribution in [3.8, 4) is 0 Å². The maximum atomic E-state index is 10.8. The third kappa shape index (κ3) is 6.04. The number of hydrogen-bond acceptors (Lipinski definition) is 3. The van der Waals surface area contributed by atoms with Gasteiger partial charge in [-0.3, -0.25) is 0 Å². The van der Waals surface area contributed by atoms with Gasteiger partial charge in [0.2, 0.25) is 0 Å². The van der Waals surface area contributed by atoms with Crippen LogP contribution in [0.15, 0.2) is 12.3 Å². The van der Waals surface area contributed by atoms with Crippen LogP contribution in [0.5, 0.6) is 0 Å². The van der Waals surface area contributed by atoms with Gasteiger partial charge in [-0.25, -0.2) is 4.79 Å². The third-order valence-electron chi connectivity index (χ3n) is 1.05. The van der Waals surface area contributed by atoms with E-state index in [2.05, 4.69) is 22.9 Å². The average Bonchev–Trinajstić information content (AvgIpc) is 2.07. The molecule has 0 saturated heterocycles. The molecule has 72 valence electrons. The van der Waals surface area contributed by atoms with Crippen LogP contribution >= 0.6 is 11.6 Å². The van der Waals surface area contributed by atoms with Crippen molar-refractivity contribution in [3.63, 3.8) is 0 Å². The SMILES string of the molecule is C=C(C(=O)OCC)N(C)C.CCl. The normalized spacial score (nSPS) is 7.75. The molecule has 0 N–H and O–H groups in total. The van der Waals surface area contributed by atoms with Gasteiger partial charge in [0.1, 0.15) is 5.70 Å². The summed E-state index contributed by atoms with van der Waals surface area (Å²) in [5, 5.41) is 0. The van der Waals surface area contributed by atoms with Crippen LogP contribution in [0.1, 0.15) is 6.92 Å². The highest BCUT2D eigenvalue weighted by molar-refractivity contribution is 6.15. The Morgan fingerprint density at radius 2 is 1.92 bits per heavy atom. The number of hydrogen-bond donors (Lipinski definition) is 0. The van der Waals surface area contributed by atoms with Crippen LogP contribution < -0.4 is 0 Å². The smallest absolute Gasteiger partial charge is 0.353 e. The first-order valence-corrected chi connectivity index (χ1v) is 4.26. The molecule has 3 nitrogen and oxygen atoms in total. The monoisotopic (exact) mass is 193 g/mol. The minimum atomic E-state index is -0.354. The lowest BCUT2D eigenvalue weighted by atomic mass is 10.5. The summed E-state index contributed by atoms with van der Waals surface area (Å²) in [5.74, 6) is -0.354. The second kappa shape index (κ2) is 8.40. The van der Waals surface area contributed by atoms with Crippen LogP contribution in [0.3, 0.4) is 0 Å². The molecule has 0 bridgehead atoms. The van der Waals surface area contributed by atoms with Gasteiger partial charge < -0.3 is 9.64 Å². The zero-order chi connectivity index (χ0) is 10.1. The Hall–Kier alpha value is -0.700. The summed E-state index contributed by atoms with van der Waals surface area (Å²) in [5.41, 5.74) is 0.377. The van der Waals surface area contributed by atoms with E-state index in [0.717, 1.165) is 0 Å². The van der Waals surface area contributed by atoms with Gasteiger partial charge in [0.05, 0.1) is 6.61 Å². The van der Waals surface area contributed by atoms with E-state index in [1.807, 2.05) is 0 Å². The first-order valence-electron chi connectivity index (χ1n) is 3.50. The molecule has 0 spiro atoms. The number of ether oxygens (including phenoxy) is 1. The molecule has 0 aromatic heterocycles. The molecular weight excluding hydrogens is 178 g/mol. The van der Waals surface area contributed by atoms with Gasteiger partial charge in [-0.1, -0.05) is 6.58 Å². The Balaban J connectivity index is 0. The average molecular weight is 194 g/mol. The number of rotatable bonds is 3. The van der Waals surface area contributed by atoms with E-state index in [-0.39, 0.29) is 5.97 Å². The first-order chi connectivity index (χ1) is 5.59. The summed E-state index contributed by atoms with van der Waals surface area (Å²) in [7, 11) is 3.50. The Bertz CT molecular complexity index is 146. The molecule has 4 heteroatoms. The number of likely N-dealkylation sites (N-methyl/N-ethyl adjacent to an activating group) is 1. The molecule has 0 rings (SSSR count). The van der Waals surface area contributed by atoms with Crippen molar-refractivity contribution in [2.75, 3.05) is 27.1 Å². The summed E-state index contributed by atoms with van der Waals surface area (Å²) in [6, 6.07) is 0. The van der Waals surface area contributed by atoms with Crippen LogP contribution in [0.2, 0.25) is 0 Å². The molecule has 0 aliphatic carbocycles. The standard InChI is InChI=1S/C7H13NO2.CH3Cl/c1-5-10-7(9)6(2)8(3)4;1-2/h2,5H2,1,3-4H3;1H3. The molecule has 0 heterocycles. The van der Waals surface area contributed by atoms with Crippen LogP contribution in [0.4, 0.5) is 0 Å². The number of esters is 1. The van der Waals surface area contributed by atoms with Crippen molar-refractivity contribution in [2.24, 2.45) is 0 Å². The maximum absolute atomic E-state index is 10.8. The Labute approximate surface area is 78.9 Å². The lowest BCUT2D eigenvalue weighted by Gasteiger charge is -2.12. The van der Waals surface area contributed by atoms with Gasteiger partial charge in [-0.05, 0) is 6.92 Å². The van der Waals surface area contributed by atoms with Crippen molar-refractivity contribution in [1.29, 1.82) is 0 Å². The number of carbonyl (C=O) groups is 1. The van der Waals surface area contributed by atoms with Gasteiger partial charge in [-0.2, -0.15) is 0 Å². The quantitative estimate of drug-likeness (QED) is 0.386. The van der Waals surface area contributed by atoms with E-state index in [1.165, 1.54) is 6.38 Å². The number of halogens is 1. The molecule has 0 saturated carbocycles. The molecule has 0 aromatic rings. The van der Waals surface area contributed by atoms with E-state index in [1.54, 1.807) is 25.9 Å². The van der Waals surface area contributed by atoms with E-state index < -0.39 is 0 Å². The largest absolute Gasteiger partial charge is 0.461 e. The molecular formula is C8H16ClNO2. The molecule has 0 aromatic carbocycles. The van der Waals surface area contributed by atoms with Crippen molar-refractivity contribution >= 4 is 17.6 Å². The first kappa shape index (κ1) is 13.9. The number of carbonyl (C=O) groups excluding carboxylic acids is 1. The minimum Gasteiger partial charge on any atom is -0.461 e. The minimum absolute atomic E-state index is 0.354. The van der Waals surface area contributed by atoms with Crippen molar-refractivity contribution in [2.45, 2.75) is 6.92 Å². The number of alkyl halides is 1. The second-order valence-electron chi connectivity index (χ2n) is 2.06. The van der Waals surface area contributed by atoms with Gasteiger partial charge in [-0.15, -0.1) is 11.6 Å². The highest BCUT2D eigenvalue weighted by Crippen LogP contribution is 1.96. The molecule has 0 atom stereocenters. The molecule has 0 aliphatic heterocycles. The number of nitrogens with zero attached hydrogens (tertiary/aromatic N) is 1. The third-order valence-corrected chi connectivity index (χ3v) is 1.05. The molecule has 0 fully saturated rings. The van der Waals surface area contributed by atoms with Crippen LogP contribution in [-0.2, 0) is 9.53 Å². The summed E-state index contributed by atoms with van der Waals surface area (Å²) >= 11 is 4.64. The summed E-state index contributed by atoms with van der Waals surface area (Å²) in [6.07, 6.45) is 1.47. The predicted octanol–water partition coefficient (Wildman–Crippen LogP) is 1.48. The maximum Gasteiger partial charge on any atom is 0.353 e. The van der Waals surface area contributed by atoms with Crippen molar-refractivity contribution in [1.82, 2.24) is 4.90 Å². The van der Waals surface area contributed by atoms with Crippen molar-refractivity contribution in [3.05, 3.63) is 12.3 Å². The van der Waals surface area contributed by atoms with Crippen LogP contribution in [0.25, 0.3) is 0 Å². The highest BCUT2D eigenvalue weighted by atomic mass is 35.5. The summed E-state index contributed by atoms with van der Waals surface area (Å²) < 4.78 is 4.68. The van der Waals surface area contributed by atoms with Gasteiger partial charge in [0.25, 0.3) is 0 Å². The summed E-state index contributed by atoms with van der Waals surface area (Å²) in [4.78, 5) is 12.4. The van der Waals surface area contributed by atoms with Gasteiger partial charge in [0, 0.05) is 20.5 Å². The van der Waals surface area contributed by atoms with Crippen LogP contribution in [-0.4, -0.2) is 38.0 Å². The fourth-order valence-electron chi connectivity index (χ4n) is 0.397. The lowest BCUT2D eigenvalue weighted by Crippen LogP contribution is -2.20. The fraction of sp³-hybridized carbons (Fsp3) is 0.625. The molecule has 0 amide bonds. The molecule has 0 aliphatic rings. The van der Waals surface area contributed by atoms with E-state index in [9.17, 15) is 4.79 Å². The van der Waals surface area contributed by atoms with E-state index in [0.29, 0.717) is 12.3 Å². The Kier molecular flexibility index (Phi) is 9.70.